The first-order valence-corrected chi connectivity index (χ1v) is 7.53. The molecule has 0 atom stereocenters. The van der Waals surface area contributed by atoms with E-state index in [-0.39, 0.29) is 0 Å². The van der Waals surface area contributed by atoms with Gasteiger partial charge in [-0.3, -0.25) is 4.98 Å². The van der Waals surface area contributed by atoms with E-state index in [1.165, 1.54) is 0 Å². The first-order chi connectivity index (χ1) is 10.2. The Labute approximate surface area is 137 Å². The number of rotatable bonds is 3. The first-order valence-electron chi connectivity index (χ1n) is 6.24. The summed E-state index contributed by atoms with van der Waals surface area (Å²) in [6, 6.07) is 12.7. The Morgan fingerprint density at radius 1 is 1.00 bits per heavy atom. The van der Waals surface area contributed by atoms with Crippen LogP contribution < -0.4 is 4.74 Å². The van der Waals surface area contributed by atoms with Crippen molar-refractivity contribution in [2.75, 3.05) is 0 Å². The zero-order valence-electron chi connectivity index (χ0n) is 10.8. The molecule has 2 nitrogen and oxygen atoms in total. The Hall–Kier alpha value is -1.48. The molecule has 21 heavy (non-hydrogen) atoms. The van der Waals surface area contributed by atoms with Crippen molar-refractivity contribution in [1.29, 1.82) is 0 Å². The lowest BCUT2D eigenvalue weighted by atomic mass is 10.2. The molecule has 106 valence electrons. The number of hydrogen-bond donors (Lipinski definition) is 0. The summed E-state index contributed by atoms with van der Waals surface area (Å²) in [6.07, 6.45) is 1.70. The van der Waals surface area contributed by atoms with Gasteiger partial charge in [-0.1, -0.05) is 23.2 Å². The quantitative estimate of drug-likeness (QED) is 0.540. The Bertz CT molecular complexity index is 805. The molecule has 0 bridgehead atoms. The first kappa shape index (κ1) is 14.5. The Morgan fingerprint density at radius 2 is 1.81 bits per heavy atom. The summed E-state index contributed by atoms with van der Waals surface area (Å²) in [7, 11) is 0. The van der Waals surface area contributed by atoms with E-state index in [4.69, 9.17) is 39.5 Å². The van der Waals surface area contributed by atoms with Gasteiger partial charge < -0.3 is 4.74 Å². The van der Waals surface area contributed by atoms with E-state index in [0.29, 0.717) is 32.9 Å². The van der Waals surface area contributed by atoms with Crippen LogP contribution in [-0.4, -0.2) is 4.98 Å². The fourth-order valence-electron chi connectivity index (χ4n) is 2.06. The maximum atomic E-state index is 6.18. The molecule has 2 aromatic carbocycles. The molecular weight excluding hydrogens is 329 g/mol. The van der Waals surface area contributed by atoms with E-state index >= 15 is 0 Å². The highest BCUT2D eigenvalue weighted by molar-refractivity contribution is 6.35. The fraction of sp³-hybridized carbons (Fsp3) is 0.0625. The second-order valence-corrected chi connectivity index (χ2v) is 5.54. The summed E-state index contributed by atoms with van der Waals surface area (Å²) in [4.78, 5) is 4.34. The molecule has 0 aliphatic carbocycles. The third-order valence-electron chi connectivity index (χ3n) is 3.07. The van der Waals surface area contributed by atoms with Gasteiger partial charge in [0, 0.05) is 22.2 Å². The predicted molar refractivity (Wildman–Crippen MR) is 87.8 cm³/mol. The molecular formula is C16H10Cl3NO. The normalized spacial score (nSPS) is 10.8. The minimum Gasteiger partial charge on any atom is -0.455 e. The number of alkyl halides is 1. The third kappa shape index (κ3) is 2.93. The van der Waals surface area contributed by atoms with E-state index < -0.39 is 0 Å². The molecule has 3 rings (SSSR count). The number of fused-ring (bicyclic) bond motifs is 1. The fourth-order valence-corrected chi connectivity index (χ4v) is 2.68. The van der Waals surface area contributed by atoms with Crippen molar-refractivity contribution in [3.8, 4) is 11.5 Å². The van der Waals surface area contributed by atoms with Crippen LogP contribution in [0.5, 0.6) is 11.5 Å². The van der Waals surface area contributed by atoms with Crippen LogP contribution in [0.4, 0.5) is 0 Å². The molecule has 0 aliphatic rings. The minimum absolute atomic E-state index is 0.314. The zero-order valence-corrected chi connectivity index (χ0v) is 13.1. The van der Waals surface area contributed by atoms with E-state index in [1.807, 2.05) is 12.1 Å². The molecule has 0 N–H and O–H groups in total. The van der Waals surface area contributed by atoms with Crippen LogP contribution >= 0.6 is 34.8 Å². The monoisotopic (exact) mass is 337 g/mol. The molecule has 0 saturated heterocycles. The van der Waals surface area contributed by atoms with Crippen LogP contribution in [0.2, 0.25) is 10.0 Å². The molecule has 0 aliphatic heterocycles. The van der Waals surface area contributed by atoms with Gasteiger partial charge in [-0.05, 0) is 42.5 Å². The number of pyridine rings is 1. The maximum Gasteiger partial charge on any atom is 0.153 e. The van der Waals surface area contributed by atoms with E-state index in [0.717, 1.165) is 10.9 Å². The van der Waals surface area contributed by atoms with Crippen LogP contribution in [0.1, 0.15) is 5.56 Å². The van der Waals surface area contributed by atoms with Crippen LogP contribution in [-0.2, 0) is 5.88 Å². The zero-order chi connectivity index (χ0) is 14.8. The van der Waals surface area contributed by atoms with Crippen molar-refractivity contribution in [2.45, 2.75) is 5.88 Å². The molecule has 5 heteroatoms. The molecule has 0 spiro atoms. The van der Waals surface area contributed by atoms with Crippen molar-refractivity contribution in [3.63, 3.8) is 0 Å². The second kappa shape index (κ2) is 6.10. The smallest absolute Gasteiger partial charge is 0.153 e. The number of hydrogen-bond acceptors (Lipinski definition) is 2. The van der Waals surface area contributed by atoms with Gasteiger partial charge in [-0.15, -0.1) is 11.6 Å². The lowest BCUT2D eigenvalue weighted by Gasteiger charge is -2.12. The van der Waals surface area contributed by atoms with Crippen molar-refractivity contribution in [2.24, 2.45) is 0 Å². The van der Waals surface area contributed by atoms with Crippen LogP contribution in [0.25, 0.3) is 10.9 Å². The summed E-state index contributed by atoms with van der Waals surface area (Å²) in [6.45, 7) is 0. The number of benzene rings is 2. The average molecular weight is 339 g/mol. The largest absolute Gasteiger partial charge is 0.455 e. The van der Waals surface area contributed by atoms with Crippen molar-refractivity contribution < 1.29 is 4.74 Å². The van der Waals surface area contributed by atoms with Gasteiger partial charge in [0.15, 0.2) is 5.75 Å². The predicted octanol–water partition coefficient (Wildman–Crippen LogP) is 6.07. The molecule has 0 fully saturated rings. The van der Waals surface area contributed by atoms with Gasteiger partial charge in [0.1, 0.15) is 11.3 Å². The maximum absolute atomic E-state index is 6.18. The van der Waals surface area contributed by atoms with Gasteiger partial charge in [0.25, 0.3) is 0 Å². The molecule has 3 aromatic rings. The summed E-state index contributed by atoms with van der Waals surface area (Å²) in [5, 5.41) is 2.11. The lowest BCUT2D eigenvalue weighted by Crippen LogP contribution is -1.92. The second-order valence-electron chi connectivity index (χ2n) is 4.43. The van der Waals surface area contributed by atoms with Gasteiger partial charge in [0.05, 0.1) is 10.9 Å². The molecule has 0 unspecified atom stereocenters. The highest BCUT2D eigenvalue weighted by Crippen LogP contribution is 2.35. The third-order valence-corrected chi connectivity index (χ3v) is 3.92. The van der Waals surface area contributed by atoms with E-state index in [9.17, 15) is 0 Å². The Kier molecular flexibility index (Phi) is 4.20. The molecule has 1 aromatic heterocycles. The highest BCUT2D eigenvalue weighted by atomic mass is 35.5. The highest BCUT2D eigenvalue weighted by Gasteiger charge is 2.10. The number of aromatic nitrogens is 1. The van der Waals surface area contributed by atoms with Crippen molar-refractivity contribution in [3.05, 3.63) is 64.3 Å². The number of ether oxygens (including phenoxy) is 1. The molecule has 1 heterocycles. The van der Waals surface area contributed by atoms with Crippen molar-refractivity contribution in [1.82, 2.24) is 4.98 Å². The topological polar surface area (TPSA) is 22.1 Å². The molecule has 0 radical (unpaired) electrons. The molecule has 0 saturated carbocycles. The lowest BCUT2D eigenvalue weighted by molar-refractivity contribution is 0.483. The SMILES string of the molecule is ClCc1cc(Cl)ccc1Oc1ccc(Cl)c2cccnc12. The van der Waals surface area contributed by atoms with Crippen LogP contribution in [0.15, 0.2) is 48.7 Å². The Balaban J connectivity index is 2.09. The number of halogens is 3. The van der Waals surface area contributed by atoms with Crippen molar-refractivity contribution >= 4 is 45.7 Å². The van der Waals surface area contributed by atoms with E-state index in [1.54, 1.807) is 36.5 Å². The number of nitrogens with zero attached hydrogens (tertiary/aromatic N) is 1. The Morgan fingerprint density at radius 3 is 2.62 bits per heavy atom. The summed E-state index contributed by atoms with van der Waals surface area (Å²) >= 11 is 18.1. The summed E-state index contributed by atoms with van der Waals surface area (Å²) in [5.41, 5.74) is 1.53. The van der Waals surface area contributed by atoms with E-state index in [2.05, 4.69) is 4.98 Å². The van der Waals surface area contributed by atoms with Gasteiger partial charge >= 0.3 is 0 Å². The van der Waals surface area contributed by atoms with Gasteiger partial charge in [-0.25, -0.2) is 0 Å². The van der Waals surface area contributed by atoms with Gasteiger partial charge in [0.2, 0.25) is 0 Å². The molecule has 0 amide bonds. The average Bonchev–Trinajstić information content (AvgIpc) is 2.52. The van der Waals surface area contributed by atoms with Crippen LogP contribution in [0, 0.1) is 0 Å². The summed E-state index contributed by atoms with van der Waals surface area (Å²) in [5.74, 6) is 1.60. The summed E-state index contributed by atoms with van der Waals surface area (Å²) < 4.78 is 5.96. The minimum atomic E-state index is 0.314. The van der Waals surface area contributed by atoms with Gasteiger partial charge in [-0.2, -0.15) is 0 Å². The standard InChI is InChI=1S/C16H10Cl3NO/c17-9-10-8-11(18)3-5-14(10)21-15-6-4-13(19)12-2-1-7-20-16(12)15/h1-8H,9H2. The van der Waals surface area contributed by atoms with Crippen LogP contribution in [0.3, 0.4) is 0 Å².